The molecule has 0 aliphatic carbocycles. The van der Waals surface area contributed by atoms with Crippen molar-refractivity contribution in [2.45, 2.75) is 18.9 Å². The molecule has 2 N–H and O–H groups in total. The lowest BCUT2D eigenvalue weighted by atomic mass is 10.2. The highest BCUT2D eigenvalue weighted by atomic mass is 79.9. The quantitative estimate of drug-likeness (QED) is 0.477. The maximum Gasteiger partial charge on any atom is 0.187 e. The van der Waals surface area contributed by atoms with Gasteiger partial charge in [-0.25, -0.2) is 0 Å². The van der Waals surface area contributed by atoms with Crippen molar-refractivity contribution < 1.29 is 4.74 Å². The molecule has 1 aliphatic heterocycles. The van der Waals surface area contributed by atoms with Gasteiger partial charge in [-0.15, -0.1) is 0 Å². The molecule has 0 aromatic heterocycles. The number of hydrogen-bond donors (Lipinski definition) is 2. The minimum atomic E-state index is 0.262. The van der Waals surface area contributed by atoms with Crippen molar-refractivity contribution in [1.82, 2.24) is 10.7 Å². The number of rotatable bonds is 5. The molecule has 0 radical (unpaired) electrons. The zero-order chi connectivity index (χ0) is 14.9. The molecule has 1 fully saturated rings. The summed E-state index contributed by atoms with van der Waals surface area (Å²) in [5.74, 6) is 0. The molecule has 1 aromatic carbocycles. The molecule has 0 spiro atoms. The first-order chi connectivity index (χ1) is 10.2. The fourth-order valence-corrected chi connectivity index (χ4v) is 2.45. The SMILES string of the molecule is S=C(NC[C@@H]1CCCO1)N/N=C\C(Br)=C\c1ccccc1. The third kappa shape index (κ3) is 6.37. The Morgan fingerprint density at radius 2 is 2.24 bits per heavy atom. The van der Waals surface area contributed by atoms with Gasteiger partial charge in [-0.05, 0) is 52.6 Å². The van der Waals surface area contributed by atoms with Crippen molar-refractivity contribution in [1.29, 1.82) is 0 Å². The van der Waals surface area contributed by atoms with Crippen LogP contribution in [0, 0.1) is 0 Å². The highest BCUT2D eigenvalue weighted by Gasteiger charge is 2.14. The summed E-state index contributed by atoms with van der Waals surface area (Å²) in [7, 11) is 0. The predicted octanol–water partition coefficient (Wildman–Crippen LogP) is 3.05. The van der Waals surface area contributed by atoms with Gasteiger partial charge in [-0.3, -0.25) is 5.43 Å². The maximum atomic E-state index is 5.51. The van der Waals surface area contributed by atoms with Gasteiger partial charge in [0.1, 0.15) is 0 Å². The first-order valence-corrected chi connectivity index (χ1v) is 8.05. The molecule has 112 valence electrons. The molecule has 21 heavy (non-hydrogen) atoms. The van der Waals surface area contributed by atoms with Crippen LogP contribution < -0.4 is 10.7 Å². The van der Waals surface area contributed by atoms with E-state index in [0.717, 1.165) is 36.0 Å². The number of benzene rings is 1. The third-order valence-corrected chi connectivity index (χ3v) is 3.64. The standard InChI is InChI=1S/C15H18BrN3OS/c16-13(9-12-5-2-1-3-6-12)10-18-19-15(21)17-11-14-7-4-8-20-14/h1-3,5-6,9-10,14H,4,7-8,11H2,(H2,17,19,21)/b13-9-,18-10-/t14-/m0/s1. The first kappa shape index (κ1) is 16.1. The molecule has 6 heteroatoms. The Balaban J connectivity index is 1.71. The number of allylic oxidation sites excluding steroid dienone is 1. The van der Waals surface area contributed by atoms with Crippen molar-refractivity contribution in [2.75, 3.05) is 13.2 Å². The monoisotopic (exact) mass is 367 g/mol. The van der Waals surface area contributed by atoms with Gasteiger partial charge in [0.15, 0.2) is 5.11 Å². The Bertz CT molecular complexity index is 513. The van der Waals surface area contributed by atoms with Gasteiger partial charge in [-0.2, -0.15) is 5.10 Å². The fourth-order valence-electron chi connectivity index (χ4n) is 1.95. The lowest BCUT2D eigenvalue weighted by molar-refractivity contribution is 0.114. The summed E-state index contributed by atoms with van der Waals surface area (Å²) in [4.78, 5) is 0. The molecule has 0 unspecified atom stereocenters. The fraction of sp³-hybridized carbons (Fsp3) is 0.333. The van der Waals surface area contributed by atoms with E-state index in [0.29, 0.717) is 5.11 Å². The molecule has 0 amide bonds. The number of hydrogen-bond acceptors (Lipinski definition) is 3. The lowest BCUT2D eigenvalue weighted by Gasteiger charge is -2.11. The van der Waals surface area contributed by atoms with Crippen LogP contribution in [0.5, 0.6) is 0 Å². The van der Waals surface area contributed by atoms with Crippen LogP contribution in [-0.4, -0.2) is 30.6 Å². The Morgan fingerprint density at radius 3 is 2.95 bits per heavy atom. The van der Waals surface area contributed by atoms with E-state index in [4.69, 9.17) is 17.0 Å². The zero-order valence-corrected chi connectivity index (χ0v) is 14.0. The predicted molar refractivity (Wildman–Crippen MR) is 94.5 cm³/mol. The van der Waals surface area contributed by atoms with E-state index in [-0.39, 0.29) is 6.10 Å². The molecule has 1 aliphatic rings. The minimum absolute atomic E-state index is 0.262. The van der Waals surface area contributed by atoms with Crippen molar-refractivity contribution in [3.05, 3.63) is 40.4 Å². The average molecular weight is 368 g/mol. The molecule has 1 heterocycles. The van der Waals surface area contributed by atoms with Gasteiger partial charge in [0.2, 0.25) is 0 Å². The molecular weight excluding hydrogens is 350 g/mol. The number of halogens is 1. The van der Waals surface area contributed by atoms with Gasteiger partial charge in [0.05, 0.1) is 12.3 Å². The highest BCUT2D eigenvalue weighted by molar-refractivity contribution is 9.12. The van der Waals surface area contributed by atoms with Gasteiger partial charge >= 0.3 is 0 Å². The second-order valence-electron chi connectivity index (χ2n) is 4.65. The van der Waals surface area contributed by atoms with E-state index in [9.17, 15) is 0 Å². The maximum absolute atomic E-state index is 5.51. The average Bonchev–Trinajstić information content (AvgIpc) is 2.99. The van der Waals surface area contributed by atoms with Crippen LogP contribution in [0.15, 0.2) is 39.9 Å². The van der Waals surface area contributed by atoms with E-state index in [2.05, 4.69) is 31.8 Å². The van der Waals surface area contributed by atoms with E-state index in [1.807, 2.05) is 36.4 Å². The van der Waals surface area contributed by atoms with Crippen molar-refractivity contribution in [3.63, 3.8) is 0 Å². The van der Waals surface area contributed by atoms with Crippen LogP contribution in [0.1, 0.15) is 18.4 Å². The third-order valence-electron chi connectivity index (χ3n) is 2.97. The highest BCUT2D eigenvalue weighted by Crippen LogP contribution is 2.10. The number of hydrazone groups is 1. The lowest BCUT2D eigenvalue weighted by Crippen LogP contribution is -2.37. The molecule has 1 aromatic rings. The Hall–Kier alpha value is -1.24. The number of ether oxygens (including phenoxy) is 1. The van der Waals surface area contributed by atoms with Crippen LogP contribution in [0.4, 0.5) is 0 Å². The Kier molecular flexibility index (Phi) is 6.85. The van der Waals surface area contributed by atoms with Crippen molar-refractivity contribution in [3.8, 4) is 0 Å². The zero-order valence-electron chi connectivity index (χ0n) is 11.6. The Labute approximate surface area is 138 Å². The number of nitrogens with one attached hydrogen (secondary N) is 2. The summed E-state index contributed by atoms with van der Waals surface area (Å²) in [5.41, 5.74) is 3.89. The minimum Gasteiger partial charge on any atom is -0.376 e. The van der Waals surface area contributed by atoms with Crippen LogP contribution in [0.25, 0.3) is 6.08 Å². The summed E-state index contributed by atoms with van der Waals surface area (Å²) in [6, 6.07) is 10.0. The molecule has 0 bridgehead atoms. The van der Waals surface area contributed by atoms with Crippen LogP contribution in [-0.2, 0) is 4.74 Å². The van der Waals surface area contributed by atoms with E-state index >= 15 is 0 Å². The van der Waals surface area contributed by atoms with E-state index in [1.165, 1.54) is 0 Å². The van der Waals surface area contributed by atoms with Crippen molar-refractivity contribution >= 4 is 45.6 Å². The number of thiocarbonyl (C=S) groups is 1. The molecule has 0 saturated carbocycles. The van der Waals surface area contributed by atoms with Crippen molar-refractivity contribution in [2.24, 2.45) is 5.10 Å². The molecule has 4 nitrogen and oxygen atoms in total. The van der Waals surface area contributed by atoms with Crippen LogP contribution in [0.2, 0.25) is 0 Å². The summed E-state index contributed by atoms with van der Waals surface area (Å²) in [5, 5.41) is 7.67. The summed E-state index contributed by atoms with van der Waals surface area (Å²) in [6.45, 7) is 1.57. The smallest absolute Gasteiger partial charge is 0.187 e. The molecule has 1 atom stereocenters. The van der Waals surface area contributed by atoms with Crippen LogP contribution in [0.3, 0.4) is 0 Å². The van der Waals surface area contributed by atoms with Gasteiger partial charge in [0.25, 0.3) is 0 Å². The van der Waals surface area contributed by atoms with Crippen LogP contribution >= 0.6 is 28.1 Å². The first-order valence-electron chi connectivity index (χ1n) is 6.85. The number of nitrogens with zero attached hydrogens (tertiary/aromatic N) is 1. The second kappa shape index (κ2) is 8.92. The molecule has 2 rings (SSSR count). The summed E-state index contributed by atoms with van der Waals surface area (Å²) >= 11 is 8.59. The summed E-state index contributed by atoms with van der Waals surface area (Å²) in [6.07, 6.45) is 6.13. The summed E-state index contributed by atoms with van der Waals surface area (Å²) < 4.78 is 6.37. The molecule has 1 saturated heterocycles. The van der Waals surface area contributed by atoms with E-state index in [1.54, 1.807) is 6.21 Å². The van der Waals surface area contributed by atoms with Gasteiger partial charge in [-0.1, -0.05) is 30.3 Å². The second-order valence-corrected chi connectivity index (χ2v) is 5.98. The van der Waals surface area contributed by atoms with Gasteiger partial charge < -0.3 is 10.1 Å². The van der Waals surface area contributed by atoms with E-state index < -0.39 is 0 Å². The normalized spacial score (nSPS) is 18.9. The largest absolute Gasteiger partial charge is 0.376 e. The topological polar surface area (TPSA) is 45.6 Å². The Morgan fingerprint density at radius 1 is 1.43 bits per heavy atom. The molecular formula is C15H18BrN3OS. The van der Waals surface area contributed by atoms with Gasteiger partial charge in [0, 0.05) is 17.6 Å².